The van der Waals surface area contributed by atoms with Crippen LogP contribution in [0.25, 0.3) is 10.9 Å². The largest absolute Gasteiger partial charge is 0.497 e. The van der Waals surface area contributed by atoms with E-state index in [2.05, 4.69) is 4.98 Å². The summed E-state index contributed by atoms with van der Waals surface area (Å²) in [5.41, 5.74) is 2.63. The number of methoxy groups -OCH3 is 2. The van der Waals surface area contributed by atoms with Crippen LogP contribution in [0.4, 0.5) is 0 Å². The molecule has 134 valence electrons. The smallest absolute Gasteiger partial charge is 0.270 e. The van der Waals surface area contributed by atoms with Crippen molar-refractivity contribution in [2.45, 2.75) is 18.9 Å². The Bertz CT molecular complexity index is 914. The molecule has 1 aromatic heterocycles. The van der Waals surface area contributed by atoms with Crippen molar-refractivity contribution in [2.24, 2.45) is 0 Å². The van der Waals surface area contributed by atoms with Crippen molar-refractivity contribution in [3.63, 3.8) is 0 Å². The lowest BCUT2D eigenvalue weighted by Crippen LogP contribution is -2.31. The molecule has 1 fully saturated rings. The van der Waals surface area contributed by atoms with Gasteiger partial charge in [0.2, 0.25) is 0 Å². The molecule has 5 heteroatoms. The highest BCUT2D eigenvalue weighted by Gasteiger charge is 2.33. The molecule has 2 aromatic carbocycles. The van der Waals surface area contributed by atoms with Crippen LogP contribution in [-0.2, 0) is 0 Å². The molecule has 0 radical (unpaired) electrons. The summed E-state index contributed by atoms with van der Waals surface area (Å²) in [6, 6.07) is 15.7. The van der Waals surface area contributed by atoms with Crippen molar-refractivity contribution in [1.29, 1.82) is 0 Å². The highest BCUT2D eigenvalue weighted by atomic mass is 16.5. The predicted molar refractivity (Wildman–Crippen MR) is 101 cm³/mol. The number of likely N-dealkylation sites (tertiary alicyclic amines) is 1. The molecule has 0 spiro atoms. The number of nitrogens with zero attached hydrogens (tertiary/aromatic N) is 1. The summed E-state index contributed by atoms with van der Waals surface area (Å²) in [7, 11) is 3.28. The van der Waals surface area contributed by atoms with E-state index in [9.17, 15) is 4.79 Å². The van der Waals surface area contributed by atoms with Gasteiger partial charge in [0.25, 0.3) is 5.91 Å². The molecule has 0 aliphatic carbocycles. The molecule has 0 bridgehead atoms. The Hall–Kier alpha value is -2.95. The first kappa shape index (κ1) is 16.5. The van der Waals surface area contributed by atoms with Crippen LogP contribution in [0.2, 0.25) is 0 Å². The maximum absolute atomic E-state index is 13.2. The highest BCUT2D eigenvalue weighted by Crippen LogP contribution is 2.39. The third-order valence-electron chi connectivity index (χ3n) is 5.07. The van der Waals surface area contributed by atoms with Crippen molar-refractivity contribution >= 4 is 16.8 Å². The first-order valence-corrected chi connectivity index (χ1v) is 8.82. The van der Waals surface area contributed by atoms with Crippen LogP contribution in [0.1, 0.15) is 34.9 Å². The van der Waals surface area contributed by atoms with E-state index in [4.69, 9.17) is 9.47 Å². The molecule has 5 nitrogen and oxygen atoms in total. The Morgan fingerprint density at radius 3 is 2.73 bits per heavy atom. The lowest BCUT2D eigenvalue weighted by Gasteiger charge is -2.26. The summed E-state index contributed by atoms with van der Waals surface area (Å²) in [6.45, 7) is 0.744. The normalized spacial score (nSPS) is 16.8. The molecular formula is C21H22N2O3. The van der Waals surface area contributed by atoms with E-state index in [1.165, 1.54) is 0 Å². The van der Waals surface area contributed by atoms with Crippen molar-refractivity contribution in [3.8, 4) is 11.5 Å². The predicted octanol–water partition coefficient (Wildman–Crippen LogP) is 4.16. The number of rotatable bonds is 4. The molecule has 2 heterocycles. The number of aromatic amines is 1. The average Bonchev–Trinajstić information content (AvgIpc) is 3.33. The van der Waals surface area contributed by atoms with E-state index < -0.39 is 0 Å². The number of carbonyl (C=O) groups excluding carboxylic acids is 1. The van der Waals surface area contributed by atoms with E-state index in [-0.39, 0.29) is 11.9 Å². The minimum absolute atomic E-state index is 0.00904. The van der Waals surface area contributed by atoms with Gasteiger partial charge in [0.1, 0.15) is 17.2 Å². The summed E-state index contributed by atoms with van der Waals surface area (Å²) in [4.78, 5) is 18.3. The summed E-state index contributed by atoms with van der Waals surface area (Å²) in [5.74, 6) is 1.53. The van der Waals surface area contributed by atoms with Gasteiger partial charge in [-0.05, 0) is 37.1 Å². The highest BCUT2D eigenvalue weighted by molar-refractivity contribution is 5.98. The number of para-hydroxylation sites is 1. The molecule has 1 N–H and O–H groups in total. The number of fused-ring (bicyclic) bond motifs is 1. The zero-order chi connectivity index (χ0) is 18.1. The monoisotopic (exact) mass is 350 g/mol. The Morgan fingerprint density at radius 1 is 1.12 bits per heavy atom. The number of benzene rings is 2. The molecule has 1 aliphatic rings. The first-order valence-electron chi connectivity index (χ1n) is 8.82. The number of ether oxygens (including phenoxy) is 2. The van der Waals surface area contributed by atoms with Crippen LogP contribution in [0, 0.1) is 0 Å². The second-order valence-corrected chi connectivity index (χ2v) is 6.53. The standard InChI is InChI=1S/C21H22N2O3/c1-25-15-9-10-16(20(13-15)26-2)19-8-5-11-23(19)21(24)18-12-14-6-3-4-7-17(14)22-18/h3-4,6-7,9-10,12-13,19,22H,5,8,11H2,1-2H3. The molecule has 1 saturated heterocycles. The molecule has 4 rings (SSSR count). The van der Waals surface area contributed by atoms with Gasteiger partial charge < -0.3 is 19.4 Å². The van der Waals surface area contributed by atoms with Gasteiger partial charge in [0.15, 0.2) is 0 Å². The zero-order valence-electron chi connectivity index (χ0n) is 15.0. The lowest BCUT2D eigenvalue weighted by molar-refractivity contribution is 0.0729. The van der Waals surface area contributed by atoms with E-state index in [0.717, 1.165) is 47.4 Å². The van der Waals surface area contributed by atoms with Gasteiger partial charge in [-0.15, -0.1) is 0 Å². The summed E-state index contributed by atoms with van der Waals surface area (Å²) in [5, 5.41) is 1.05. The van der Waals surface area contributed by atoms with Gasteiger partial charge in [0.05, 0.1) is 20.3 Å². The quantitative estimate of drug-likeness (QED) is 0.769. The number of amides is 1. The third kappa shape index (κ3) is 2.79. The third-order valence-corrected chi connectivity index (χ3v) is 5.07. The Labute approximate surface area is 152 Å². The average molecular weight is 350 g/mol. The van der Waals surface area contributed by atoms with Crippen LogP contribution in [-0.4, -0.2) is 36.6 Å². The molecule has 0 saturated carbocycles. The molecule has 1 aliphatic heterocycles. The van der Waals surface area contributed by atoms with E-state index >= 15 is 0 Å². The van der Waals surface area contributed by atoms with E-state index in [1.54, 1.807) is 14.2 Å². The molecule has 1 atom stereocenters. The fourth-order valence-electron chi connectivity index (χ4n) is 3.77. The second-order valence-electron chi connectivity index (χ2n) is 6.53. The number of hydrogen-bond donors (Lipinski definition) is 1. The number of hydrogen-bond acceptors (Lipinski definition) is 3. The minimum atomic E-state index is 0.00904. The summed E-state index contributed by atoms with van der Waals surface area (Å²) >= 11 is 0. The van der Waals surface area contributed by atoms with Crippen molar-refractivity contribution in [3.05, 3.63) is 59.8 Å². The Morgan fingerprint density at radius 2 is 1.96 bits per heavy atom. The van der Waals surface area contributed by atoms with Gasteiger partial charge in [-0.1, -0.05) is 18.2 Å². The van der Waals surface area contributed by atoms with Gasteiger partial charge in [-0.2, -0.15) is 0 Å². The fraction of sp³-hybridized carbons (Fsp3) is 0.286. The van der Waals surface area contributed by atoms with Gasteiger partial charge in [-0.25, -0.2) is 0 Å². The SMILES string of the molecule is COc1ccc(C2CCCN2C(=O)c2cc3ccccc3[nH]2)c(OC)c1. The first-order chi connectivity index (χ1) is 12.7. The van der Waals surface area contributed by atoms with Crippen LogP contribution in [0.15, 0.2) is 48.5 Å². The van der Waals surface area contributed by atoms with Crippen molar-refractivity contribution in [2.75, 3.05) is 20.8 Å². The lowest BCUT2D eigenvalue weighted by atomic mass is 10.0. The fourth-order valence-corrected chi connectivity index (χ4v) is 3.77. The molecule has 3 aromatic rings. The molecular weight excluding hydrogens is 328 g/mol. The molecule has 1 unspecified atom stereocenters. The Balaban J connectivity index is 1.67. The molecule has 26 heavy (non-hydrogen) atoms. The van der Waals surface area contributed by atoms with Crippen molar-refractivity contribution in [1.82, 2.24) is 9.88 Å². The number of nitrogens with one attached hydrogen (secondary N) is 1. The number of aromatic nitrogens is 1. The van der Waals surface area contributed by atoms with Crippen LogP contribution in [0.5, 0.6) is 11.5 Å². The topological polar surface area (TPSA) is 54.6 Å². The van der Waals surface area contributed by atoms with Crippen molar-refractivity contribution < 1.29 is 14.3 Å². The number of carbonyl (C=O) groups is 1. The summed E-state index contributed by atoms with van der Waals surface area (Å²) < 4.78 is 10.8. The number of H-pyrrole nitrogens is 1. The van der Waals surface area contributed by atoms with E-state index in [0.29, 0.717) is 5.69 Å². The summed E-state index contributed by atoms with van der Waals surface area (Å²) in [6.07, 6.45) is 1.90. The van der Waals surface area contributed by atoms with Crippen LogP contribution >= 0.6 is 0 Å². The van der Waals surface area contributed by atoms with Gasteiger partial charge in [0, 0.05) is 29.1 Å². The zero-order valence-corrected chi connectivity index (χ0v) is 15.0. The maximum Gasteiger partial charge on any atom is 0.270 e. The van der Waals surface area contributed by atoms with Crippen LogP contribution in [0.3, 0.4) is 0 Å². The molecule has 1 amide bonds. The Kier molecular flexibility index (Phi) is 4.29. The minimum Gasteiger partial charge on any atom is -0.497 e. The van der Waals surface area contributed by atoms with E-state index in [1.807, 2.05) is 53.4 Å². The maximum atomic E-state index is 13.2. The second kappa shape index (κ2) is 6.75. The van der Waals surface area contributed by atoms with Gasteiger partial charge >= 0.3 is 0 Å². The van der Waals surface area contributed by atoms with Crippen LogP contribution < -0.4 is 9.47 Å². The van der Waals surface area contributed by atoms with Gasteiger partial charge in [-0.3, -0.25) is 4.79 Å².